The SMILES string of the molecule is CC1CCC(N(C)C[B-](F)(F)F)CC1. The quantitative estimate of drug-likeness (QED) is 0.644. The third-order valence-corrected chi connectivity index (χ3v) is 3.10. The molecule has 1 aliphatic carbocycles. The minimum atomic E-state index is -4.66. The van der Waals surface area contributed by atoms with Gasteiger partial charge in [0.1, 0.15) is 0 Å². The summed E-state index contributed by atoms with van der Waals surface area (Å²) in [5.41, 5.74) is 0. The molecule has 0 aromatic heterocycles. The van der Waals surface area contributed by atoms with E-state index in [9.17, 15) is 12.9 Å². The summed E-state index contributed by atoms with van der Waals surface area (Å²) in [6.07, 6.45) is 3.27. The summed E-state index contributed by atoms with van der Waals surface area (Å²) < 4.78 is 36.5. The van der Waals surface area contributed by atoms with Gasteiger partial charge in [-0.25, -0.2) is 0 Å². The highest BCUT2D eigenvalue weighted by molar-refractivity contribution is 6.58. The van der Waals surface area contributed by atoms with Gasteiger partial charge in [0.05, 0.1) is 0 Å². The first kappa shape index (κ1) is 11.9. The molecule has 0 atom stereocenters. The van der Waals surface area contributed by atoms with Gasteiger partial charge in [-0.15, -0.1) is 0 Å². The summed E-state index contributed by atoms with van der Waals surface area (Å²) >= 11 is 0. The second-order valence-electron chi connectivity index (χ2n) is 4.56. The zero-order valence-corrected chi connectivity index (χ0v) is 8.85. The third kappa shape index (κ3) is 3.90. The smallest absolute Gasteiger partial charge is 0.448 e. The van der Waals surface area contributed by atoms with Gasteiger partial charge >= 0.3 is 6.98 Å². The van der Waals surface area contributed by atoms with Gasteiger partial charge in [0.25, 0.3) is 0 Å². The number of hydrogen-bond acceptors (Lipinski definition) is 1. The van der Waals surface area contributed by atoms with Crippen molar-refractivity contribution in [1.29, 1.82) is 0 Å². The van der Waals surface area contributed by atoms with Crippen molar-refractivity contribution in [3.63, 3.8) is 0 Å². The molecule has 14 heavy (non-hydrogen) atoms. The highest BCUT2D eigenvalue weighted by atomic mass is 19.4. The monoisotopic (exact) mass is 208 g/mol. The van der Waals surface area contributed by atoms with Gasteiger partial charge in [0.15, 0.2) is 0 Å². The Labute approximate surface area is 83.7 Å². The Hall–Kier alpha value is -0.185. The fourth-order valence-corrected chi connectivity index (χ4v) is 2.16. The van der Waals surface area contributed by atoms with Crippen molar-refractivity contribution in [2.45, 2.75) is 38.6 Å². The standard InChI is InChI=1S/C9H18BF3N/c1-8-3-5-9(6-4-8)14(2)7-10(11,12)13/h8-9H,3-7H2,1-2H3/q-1. The fourth-order valence-electron chi connectivity index (χ4n) is 2.16. The van der Waals surface area contributed by atoms with Crippen LogP contribution in [0, 0.1) is 5.92 Å². The van der Waals surface area contributed by atoms with E-state index in [0.717, 1.165) is 25.7 Å². The van der Waals surface area contributed by atoms with Crippen LogP contribution in [0.25, 0.3) is 0 Å². The van der Waals surface area contributed by atoms with Crippen LogP contribution < -0.4 is 0 Å². The molecule has 0 amide bonds. The van der Waals surface area contributed by atoms with E-state index in [-0.39, 0.29) is 6.04 Å². The predicted octanol–water partition coefficient (Wildman–Crippen LogP) is 2.88. The molecule has 5 heteroatoms. The van der Waals surface area contributed by atoms with Crippen molar-refractivity contribution >= 4 is 6.98 Å². The topological polar surface area (TPSA) is 3.24 Å². The second kappa shape index (κ2) is 4.56. The van der Waals surface area contributed by atoms with Crippen molar-refractivity contribution in [3.8, 4) is 0 Å². The van der Waals surface area contributed by atoms with Gasteiger partial charge in [0.2, 0.25) is 0 Å². The van der Waals surface area contributed by atoms with Crippen molar-refractivity contribution in [1.82, 2.24) is 4.90 Å². The molecular weight excluding hydrogens is 190 g/mol. The largest absolute Gasteiger partial charge is 0.492 e. The molecule has 0 unspecified atom stereocenters. The van der Waals surface area contributed by atoms with Crippen LogP contribution in [-0.4, -0.2) is 31.4 Å². The van der Waals surface area contributed by atoms with Crippen LogP contribution in [0.3, 0.4) is 0 Å². The molecular formula is C9H18BF3N-. The Balaban J connectivity index is 2.34. The summed E-state index contributed by atoms with van der Waals surface area (Å²) in [7, 11) is 1.59. The van der Waals surface area contributed by atoms with E-state index in [2.05, 4.69) is 6.92 Å². The first-order chi connectivity index (χ1) is 6.38. The van der Waals surface area contributed by atoms with Crippen LogP contribution in [0.1, 0.15) is 32.6 Å². The number of rotatable bonds is 3. The van der Waals surface area contributed by atoms with E-state index in [4.69, 9.17) is 0 Å². The molecule has 1 rings (SSSR count). The summed E-state index contributed by atoms with van der Waals surface area (Å²) in [5, 5.41) is 0. The number of halogens is 3. The summed E-state index contributed by atoms with van der Waals surface area (Å²) in [6.45, 7) is -2.49. The van der Waals surface area contributed by atoms with Gasteiger partial charge in [-0.1, -0.05) is 6.92 Å². The number of nitrogens with zero attached hydrogens (tertiary/aromatic N) is 1. The zero-order chi connectivity index (χ0) is 10.8. The van der Waals surface area contributed by atoms with Crippen LogP contribution >= 0.6 is 0 Å². The Morgan fingerprint density at radius 2 is 1.64 bits per heavy atom. The van der Waals surface area contributed by atoms with E-state index < -0.39 is 13.4 Å². The average Bonchev–Trinajstić information content (AvgIpc) is 2.02. The minimum absolute atomic E-state index is 0.148. The predicted molar refractivity (Wildman–Crippen MR) is 53.1 cm³/mol. The number of hydrogen-bond donors (Lipinski definition) is 0. The zero-order valence-electron chi connectivity index (χ0n) is 8.85. The van der Waals surface area contributed by atoms with E-state index in [1.165, 1.54) is 4.90 Å². The summed E-state index contributed by atoms with van der Waals surface area (Å²) in [5.74, 6) is 0.691. The highest BCUT2D eigenvalue weighted by Crippen LogP contribution is 2.27. The van der Waals surface area contributed by atoms with Gasteiger partial charge in [0, 0.05) is 6.04 Å². The van der Waals surface area contributed by atoms with Gasteiger partial charge in [-0.2, -0.15) is 0 Å². The lowest BCUT2D eigenvalue weighted by molar-refractivity contribution is 0.178. The maximum Gasteiger partial charge on any atom is 0.492 e. The van der Waals surface area contributed by atoms with E-state index >= 15 is 0 Å². The van der Waals surface area contributed by atoms with E-state index in [0.29, 0.717) is 5.92 Å². The Bertz CT molecular complexity index is 175. The lowest BCUT2D eigenvalue weighted by atomic mass is 9.84. The van der Waals surface area contributed by atoms with Crippen molar-refractivity contribution in [3.05, 3.63) is 0 Å². The molecule has 0 heterocycles. The van der Waals surface area contributed by atoms with Crippen molar-refractivity contribution in [2.24, 2.45) is 5.92 Å². The molecule has 1 fully saturated rings. The van der Waals surface area contributed by atoms with Gasteiger partial charge < -0.3 is 17.8 Å². The Kier molecular flexibility index (Phi) is 3.87. The molecule has 0 spiro atoms. The molecule has 0 bridgehead atoms. The molecule has 0 aromatic rings. The Morgan fingerprint density at radius 3 is 2.07 bits per heavy atom. The van der Waals surface area contributed by atoms with Crippen molar-refractivity contribution < 1.29 is 12.9 Å². The maximum atomic E-state index is 12.2. The first-order valence-corrected chi connectivity index (χ1v) is 5.29. The summed E-state index contributed by atoms with van der Waals surface area (Å²) in [6, 6.07) is 0.148. The fraction of sp³-hybridized carbons (Fsp3) is 1.00. The summed E-state index contributed by atoms with van der Waals surface area (Å²) in [4.78, 5) is 1.48. The average molecular weight is 208 g/mol. The van der Waals surface area contributed by atoms with Gasteiger partial charge in [-0.3, -0.25) is 0 Å². The lowest BCUT2D eigenvalue weighted by Crippen LogP contribution is -2.43. The van der Waals surface area contributed by atoms with Crippen LogP contribution in [0.2, 0.25) is 0 Å². The van der Waals surface area contributed by atoms with Crippen LogP contribution in [-0.2, 0) is 0 Å². The van der Waals surface area contributed by atoms with Crippen LogP contribution in [0.15, 0.2) is 0 Å². The van der Waals surface area contributed by atoms with E-state index in [1.807, 2.05) is 0 Å². The molecule has 0 saturated heterocycles. The minimum Gasteiger partial charge on any atom is -0.448 e. The normalized spacial score (nSPS) is 29.6. The van der Waals surface area contributed by atoms with Crippen LogP contribution in [0.5, 0.6) is 0 Å². The van der Waals surface area contributed by atoms with Crippen LogP contribution in [0.4, 0.5) is 12.9 Å². The molecule has 1 saturated carbocycles. The second-order valence-corrected chi connectivity index (χ2v) is 4.56. The third-order valence-electron chi connectivity index (χ3n) is 3.10. The molecule has 0 aromatic carbocycles. The Morgan fingerprint density at radius 1 is 1.14 bits per heavy atom. The van der Waals surface area contributed by atoms with Gasteiger partial charge in [-0.05, 0) is 45.1 Å². The molecule has 0 aliphatic heterocycles. The molecule has 1 aliphatic rings. The highest BCUT2D eigenvalue weighted by Gasteiger charge is 2.29. The molecule has 0 N–H and O–H groups in total. The van der Waals surface area contributed by atoms with Crippen molar-refractivity contribution in [2.75, 3.05) is 13.5 Å². The molecule has 1 nitrogen and oxygen atoms in total. The maximum absolute atomic E-state index is 12.2. The molecule has 0 radical (unpaired) electrons. The van der Waals surface area contributed by atoms with E-state index in [1.54, 1.807) is 7.05 Å². The first-order valence-electron chi connectivity index (χ1n) is 5.29. The lowest BCUT2D eigenvalue weighted by Gasteiger charge is -2.36. The molecule has 84 valence electrons.